The molecule has 7 nitrogen and oxygen atoms in total. The number of hydrogen-bond acceptors (Lipinski definition) is 4. The van der Waals surface area contributed by atoms with Crippen molar-refractivity contribution >= 4 is 28.6 Å². The monoisotopic (exact) mass is 275 g/mol. The number of oxazole rings is 1. The summed E-state index contributed by atoms with van der Waals surface area (Å²) in [5, 5.41) is 5.32. The fourth-order valence-corrected chi connectivity index (χ4v) is 2.24. The van der Waals surface area contributed by atoms with Crippen molar-refractivity contribution < 1.29 is 14.0 Å². The number of carbonyl (C=O) groups excluding carboxylic acids is 2. The maximum atomic E-state index is 12.0. The molecule has 2 amide bonds. The maximum Gasteiger partial charge on any atom is 0.419 e. The van der Waals surface area contributed by atoms with E-state index in [4.69, 9.17) is 4.42 Å². The van der Waals surface area contributed by atoms with Crippen molar-refractivity contribution in [1.82, 2.24) is 9.88 Å². The molecule has 2 N–H and O–H groups in total. The average molecular weight is 275 g/mol. The molecule has 0 bridgehead atoms. The predicted molar refractivity (Wildman–Crippen MR) is 71.2 cm³/mol. The molecule has 3 rings (SSSR count). The summed E-state index contributed by atoms with van der Waals surface area (Å²) in [5.74, 6) is -0.826. The fourth-order valence-electron chi connectivity index (χ4n) is 2.24. The van der Waals surface area contributed by atoms with Gasteiger partial charge in [0, 0.05) is 19.2 Å². The van der Waals surface area contributed by atoms with Crippen LogP contribution >= 0.6 is 0 Å². The van der Waals surface area contributed by atoms with E-state index in [2.05, 4.69) is 10.6 Å². The zero-order valence-corrected chi connectivity index (χ0v) is 10.8. The molecule has 1 atom stereocenters. The van der Waals surface area contributed by atoms with Gasteiger partial charge in [0.2, 0.25) is 11.8 Å². The van der Waals surface area contributed by atoms with Crippen LogP contribution in [-0.2, 0) is 16.6 Å². The third-order valence-electron chi connectivity index (χ3n) is 3.37. The molecule has 0 saturated carbocycles. The van der Waals surface area contributed by atoms with Gasteiger partial charge in [-0.3, -0.25) is 14.2 Å². The highest BCUT2D eigenvalue weighted by Gasteiger charge is 2.27. The summed E-state index contributed by atoms with van der Waals surface area (Å²) in [4.78, 5) is 34.4. The lowest BCUT2D eigenvalue weighted by Gasteiger charge is -2.10. The Morgan fingerprint density at radius 2 is 2.25 bits per heavy atom. The third kappa shape index (κ3) is 2.07. The first-order valence-electron chi connectivity index (χ1n) is 6.24. The van der Waals surface area contributed by atoms with Crippen molar-refractivity contribution in [3.05, 3.63) is 28.7 Å². The minimum absolute atomic E-state index is 0.113. The Morgan fingerprint density at radius 1 is 1.45 bits per heavy atom. The second kappa shape index (κ2) is 4.52. The van der Waals surface area contributed by atoms with E-state index >= 15 is 0 Å². The van der Waals surface area contributed by atoms with E-state index in [1.807, 2.05) is 0 Å². The molecule has 20 heavy (non-hydrogen) atoms. The number of carbonyl (C=O) groups is 2. The third-order valence-corrected chi connectivity index (χ3v) is 3.37. The molecule has 1 fully saturated rings. The lowest BCUT2D eigenvalue weighted by Crippen LogP contribution is -2.37. The van der Waals surface area contributed by atoms with Crippen molar-refractivity contribution in [3.63, 3.8) is 0 Å². The minimum atomic E-state index is -0.494. The number of benzene rings is 1. The van der Waals surface area contributed by atoms with E-state index in [-0.39, 0.29) is 11.8 Å². The van der Waals surface area contributed by atoms with Crippen molar-refractivity contribution in [2.45, 2.75) is 18.9 Å². The summed E-state index contributed by atoms with van der Waals surface area (Å²) in [6, 6.07) is 4.44. The summed E-state index contributed by atoms with van der Waals surface area (Å²) in [5.41, 5.74) is 1.62. The minimum Gasteiger partial charge on any atom is -0.408 e. The van der Waals surface area contributed by atoms with Crippen LogP contribution in [-0.4, -0.2) is 22.4 Å². The van der Waals surface area contributed by atoms with Crippen LogP contribution < -0.4 is 16.4 Å². The second-order valence-corrected chi connectivity index (χ2v) is 4.76. The molecule has 1 aliphatic rings. The van der Waals surface area contributed by atoms with E-state index < -0.39 is 11.8 Å². The van der Waals surface area contributed by atoms with Crippen LogP contribution in [0.3, 0.4) is 0 Å². The summed E-state index contributed by atoms with van der Waals surface area (Å²) in [6.45, 7) is 0. The number of aromatic nitrogens is 1. The molecule has 0 radical (unpaired) electrons. The molecule has 2 aromatic rings. The number of nitrogens with one attached hydrogen (secondary N) is 2. The van der Waals surface area contributed by atoms with Crippen LogP contribution in [0.25, 0.3) is 11.1 Å². The zero-order valence-electron chi connectivity index (χ0n) is 10.8. The highest BCUT2D eigenvalue weighted by Crippen LogP contribution is 2.18. The highest BCUT2D eigenvalue weighted by atomic mass is 16.4. The van der Waals surface area contributed by atoms with Gasteiger partial charge in [-0.15, -0.1) is 0 Å². The Hall–Kier alpha value is -2.57. The molecule has 1 unspecified atom stereocenters. The molecule has 7 heteroatoms. The molecule has 0 spiro atoms. The summed E-state index contributed by atoms with van der Waals surface area (Å²) in [7, 11) is 1.59. The van der Waals surface area contributed by atoms with Gasteiger partial charge in [-0.1, -0.05) is 0 Å². The van der Waals surface area contributed by atoms with Gasteiger partial charge in [-0.25, -0.2) is 4.79 Å². The number of nitrogens with zero attached hydrogens (tertiary/aromatic N) is 1. The van der Waals surface area contributed by atoms with Crippen LogP contribution in [0, 0.1) is 0 Å². The Morgan fingerprint density at radius 3 is 2.95 bits per heavy atom. The van der Waals surface area contributed by atoms with Crippen LogP contribution in [0.2, 0.25) is 0 Å². The van der Waals surface area contributed by atoms with Gasteiger partial charge in [0.25, 0.3) is 0 Å². The molecular formula is C13H13N3O4. The van der Waals surface area contributed by atoms with Gasteiger partial charge in [-0.05, 0) is 24.6 Å². The van der Waals surface area contributed by atoms with Crippen molar-refractivity contribution in [3.8, 4) is 0 Å². The van der Waals surface area contributed by atoms with Gasteiger partial charge in [0.05, 0.1) is 5.52 Å². The summed E-state index contributed by atoms with van der Waals surface area (Å²) >= 11 is 0. The van der Waals surface area contributed by atoms with Crippen LogP contribution in [0.15, 0.2) is 27.4 Å². The summed E-state index contributed by atoms with van der Waals surface area (Å²) < 4.78 is 6.37. The lowest BCUT2D eigenvalue weighted by atomic mass is 10.2. The molecule has 1 saturated heterocycles. The van der Waals surface area contributed by atoms with Crippen molar-refractivity contribution in [1.29, 1.82) is 0 Å². The quantitative estimate of drug-likeness (QED) is 0.827. The topological polar surface area (TPSA) is 93.3 Å². The van der Waals surface area contributed by atoms with Crippen LogP contribution in [0.4, 0.5) is 5.69 Å². The average Bonchev–Trinajstić information content (AvgIpc) is 2.96. The first kappa shape index (κ1) is 12.5. The number of aryl methyl sites for hydroxylation is 1. The SMILES string of the molecule is Cn1c(=O)oc2ccc(NC(=O)C3CCC(=O)N3)cc21. The largest absolute Gasteiger partial charge is 0.419 e. The molecule has 0 aliphatic carbocycles. The number of rotatable bonds is 2. The lowest BCUT2D eigenvalue weighted by molar-refractivity contribution is -0.122. The molecule has 1 aliphatic heterocycles. The normalized spacial score (nSPS) is 18.2. The Kier molecular flexibility index (Phi) is 2.81. The van der Waals surface area contributed by atoms with E-state index in [0.717, 1.165) is 0 Å². The zero-order chi connectivity index (χ0) is 14.3. The van der Waals surface area contributed by atoms with Crippen LogP contribution in [0.1, 0.15) is 12.8 Å². The molecule has 2 heterocycles. The van der Waals surface area contributed by atoms with E-state index in [9.17, 15) is 14.4 Å². The van der Waals surface area contributed by atoms with E-state index in [1.165, 1.54) is 4.57 Å². The number of hydrogen-bond donors (Lipinski definition) is 2. The first-order valence-corrected chi connectivity index (χ1v) is 6.24. The Balaban J connectivity index is 1.84. The van der Waals surface area contributed by atoms with Gasteiger partial charge in [-0.2, -0.15) is 0 Å². The Bertz CT molecular complexity index is 759. The fraction of sp³-hybridized carbons (Fsp3) is 0.308. The number of amides is 2. The predicted octanol–water partition coefficient (Wildman–Crippen LogP) is 0.349. The smallest absolute Gasteiger partial charge is 0.408 e. The Labute approximate surface area is 113 Å². The van der Waals surface area contributed by atoms with E-state index in [1.54, 1.807) is 25.2 Å². The van der Waals surface area contributed by atoms with Gasteiger partial charge < -0.3 is 15.1 Å². The summed E-state index contributed by atoms with van der Waals surface area (Å²) in [6.07, 6.45) is 0.866. The van der Waals surface area contributed by atoms with Gasteiger partial charge in [0.1, 0.15) is 6.04 Å². The van der Waals surface area contributed by atoms with E-state index in [0.29, 0.717) is 29.6 Å². The maximum absolute atomic E-state index is 12.0. The highest BCUT2D eigenvalue weighted by molar-refractivity contribution is 5.99. The first-order chi connectivity index (χ1) is 9.54. The molecule has 1 aromatic heterocycles. The van der Waals surface area contributed by atoms with Crippen molar-refractivity contribution in [2.75, 3.05) is 5.32 Å². The number of anilines is 1. The standard InChI is InChI=1S/C13H13N3O4/c1-16-9-6-7(2-4-10(9)20-13(16)19)14-12(18)8-3-5-11(17)15-8/h2,4,6,8H,3,5H2,1H3,(H,14,18)(H,15,17). The second-order valence-electron chi connectivity index (χ2n) is 4.76. The van der Waals surface area contributed by atoms with Gasteiger partial charge >= 0.3 is 5.76 Å². The molecule has 1 aromatic carbocycles. The molecular weight excluding hydrogens is 262 g/mol. The van der Waals surface area contributed by atoms with Gasteiger partial charge in [0.15, 0.2) is 5.58 Å². The van der Waals surface area contributed by atoms with Crippen molar-refractivity contribution in [2.24, 2.45) is 7.05 Å². The molecule has 104 valence electrons. The number of fused-ring (bicyclic) bond motifs is 1. The van der Waals surface area contributed by atoms with Crippen LogP contribution in [0.5, 0.6) is 0 Å².